The highest BCUT2D eigenvalue weighted by Gasteiger charge is 2.36. The van der Waals surface area contributed by atoms with E-state index in [1.807, 2.05) is 0 Å². The molecule has 126 valence electrons. The van der Waals surface area contributed by atoms with E-state index >= 15 is 0 Å². The van der Waals surface area contributed by atoms with Crippen molar-refractivity contribution in [3.8, 4) is 0 Å². The van der Waals surface area contributed by atoms with Crippen LogP contribution in [0, 0.1) is 36.1 Å². The molecule has 1 N–H and O–H groups in total. The third kappa shape index (κ3) is 3.08. The van der Waals surface area contributed by atoms with Gasteiger partial charge in [0.2, 0.25) is 0 Å². The number of hydrogen-bond donors (Lipinski definition) is 1. The molecule has 1 aliphatic rings. The third-order valence-electron chi connectivity index (χ3n) is 3.82. The predicted molar refractivity (Wildman–Crippen MR) is 76.0 cm³/mol. The Kier molecular flexibility index (Phi) is 4.21. The monoisotopic (exact) mass is 339 g/mol. The summed E-state index contributed by atoms with van der Waals surface area (Å²) in [5, 5.41) is 2.49. The quantitative estimate of drug-likeness (QED) is 0.529. The van der Waals surface area contributed by atoms with Crippen LogP contribution in [-0.2, 0) is 0 Å². The number of halogens is 4. The number of aromatic nitrogens is 2. The van der Waals surface area contributed by atoms with E-state index < -0.39 is 40.8 Å². The van der Waals surface area contributed by atoms with Crippen LogP contribution in [0.25, 0.3) is 0 Å². The van der Waals surface area contributed by atoms with E-state index in [-0.39, 0.29) is 5.92 Å². The minimum Gasteiger partial charge on any atom is -0.342 e. The fourth-order valence-corrected chi connectivity index (χ4v) is 2.40. The van der Waals surface area contributed by atoms with Crippen molar-refractivity contribution in [2.24, 2.45) is 5.92 Å². The van der Waals surface area contributed by atoms with Gasteiger partial charge in [-0.25, -0.2) is 27.5 Å². The highest BCUT2D eigenvalue weighted by Crippen LogP contribution is 2.40. The first-order valence-electron chi connectivity index (χ1n) is 7.32. The highest BCUT2D eigenvalue weighted by molar-refractivity contribution is 5.94. The number of benzene rings is 1. The number of aryl methyl sites for hydroxylation is 1. The fraction of sp³-hybridized carbons (Fsp3) is 0.312. The van der Waals surface area contributed by atoms with Crippen molar-refractivity contribution < 1.29 is 22.4 Å². The highest BCUT2D eigenvalue weighted by atomic mass is 19.2. The van der Waals surface area contributed by atoms with Gasteiger partial charge in [0.1, 0.15) is 0 Å². The number of carbonyl (C=O) groups excluding carboxylic acids is 1. The number of nitrogens with one attached hydrogen (secondary N) is 1. The Bertz CT molecular complexity index is 808. The lowest BCUT2D eigenvalue weighted by Crippen LogP contribution is -2.32. The molecule has 4 nitrogen and oxygen atoms in total. The van der Waals surface area contributed by atoms with E-state index in [0.29, 0.717) is 17.6 Å². The molecule has 1 aromatic carbocycles. The van der Waals surface area contributed by atoms with Gasteiger partial charge in [0.05, 0.1) is 11.6 Å². The van der Waals surface area contributed by atoms with Crippen molar-refractivity contribution in [3.63, 3.8) is 0 Å². The zero-order valence-corrected chi connectivity index (χ0v) is 12.6. The van der Waals surface area contributed by atoms with Crippen LogP contribution < -0.4 is 5.32 Å². The Hall–Kier alpha value is -2.51. The maximum atomic E-state index is 13.8. The lowest BCUT2D eigenvalue weighted by Gasteiger charge is -2.17. The third-order valence-corrected chi connectivity index (χ3v) is 3.82. The summed E-state index contributed by atoms with van der Waals surface area (Å²) in [5.74, 6) is -7.98. The summed E-state index contributed by atoms with van der Waals surface area (Å²) in [6, 6.07) is 1.41. The zero-order valence-electron chi connectivity index (χ0n) is 12.6. The van der Waals surface area contributed by atoms with Gasteiger partial charge in [0.15, 0.2) is 29.1 Å². The minimum absolute atomic E-state index is 0.0638. The average Bonchev–Trinajstić information content (AvgIpc) is 3.38. The average molecular weight is 339 g/mol. The Morgan fingerprint density at radius 2 is 1.92 bits per heavy atom. The molecule has 0 unspecified atom stereocenters. The number of nitrogens with zero attached hydrogens (tertiary/aromatic N) is 2. The molecule has 0 aliphatic heterocycles. The standard InChI is InChI=1S/C16H13F4N3O/c1-7-4-5-21-15(22-7)14(8-2-3-8)23-16(24)9-6-10(17)12(19)13(20)11(9)18/h4-6,8,14H,2-3H2,1H3,(H,23,24)/t14-/m0/s1. The van der Waals surface area contributed by atoms with Crippen LogP contribution in [0.1, 0.15) is 40.8 Å². The van der Waals surface area contributed by atoms with Crippen molar-refractivity contribution in [2.75, 3.05) is 0 Å². The molecule has 24 heavy (non-hydrogen) atoms. The maximum absolute atomic E-state index is 13.8. The van der Waals surface area contributed by atoms with Crippen LogP contribution in [0.5, 0.6) is 0 Å². The van der Waals surface area contributed by atoms with E-state index in [9.17, 15) is 22.4 Å². The first kappa shape index (κ1) is 16.4. The molecule has 1 aromatic heterocycles. The molecule has 0 saturated heterocycles. The molecule has 1 fully saturated rings. The molecular formula is C16H13F4N3O. The SMILES string of the molecule is Cc1ccnc([C@@H](NC(=O)c2cc(F)c(F)c(F)c2F)C2CC2)n1. The lowest BCUT2D eigenvalue weighted by molar-refractivity contribution is 0.0923. The van der Waals surface area contributed by atoms with Crippen molar-refractivity contribution in [1.29, 1.82) is 0 Å². The fourth-order valence-electron chi connectivity index (χ4n) is 2.40. The summed E-state index contributed by atoms with van der Waals surface area (Å²) >= 11 is 0. The Morgan fingerprint density at radius 1 is 1.21 bits per heavy atom. The van der Waals surface area contributed by atoms with Gasteiger partial charge < -0.3 is 5.32 Å². The maximum Gasteiger partial charge on any atom is 0.255 e. The molecule has 1 amide bonds. The van der Waals surface area contributed by atoms with E-state index in [4.69, 9.17) is 0 Å². The molecule has 8 heteroatoms. The summed E-state index contributed by atoms with van der Waals surface area (Å²) in [4.78, 5) is 20.5. The molecule has 1 heterocycles. The second-order valence-corrected chi connectivity index (χ2v) is 5.69. The van der Waals surface area contributed by atoms with E-state index in [1.165, 1.54) is 6.20 Å². The van der Waals surface area contributed by atoms with Crippen LogP contribution in [-0.4, -0.2) is 15.9 Å². The second-order valence-electron chi connectivity index (χ2n) is 5.69. The largest absolute Gasteiger partial charge is 0.342 e. The normalized spacial score (nSPS) is 15.2. The van der Waals surface area contributed by atoms with Crippen LogP contribution in [0.4, 0.5) is 17.6 Å². The van der Waals surface area contributed by atoms with Crippen LogP contribution >= 0.6 is 0 Å². The lowest BCUT2D eigenvalue weighted by atomic mass is 10.1. The van der Waals surface area contributed by atoms with Crippen LogP contribution in [0.3, 0.4) is 0 Å². The molecule has 2 aromatic rings. The molecular weight excluding hydrogens is 326 g/mol. The number of amides is 1. The van der Waals surface area contributed by atoms with Crippen molar-refractivity contribution in [3.05, 3.63) is 58.7 Å². The summed E-state index contributed by atoms with van der Waals surface area (Å²) in [7, 11) is 0. The molecule has 1 atom stereocenters. The van der Waals surface area contributed by atoms with Gasteiger partial charge in [-0.2, -0.15) is 0 Å². The molecule has 0 bridgehead atoms. The predicted octanol–water partition coefficient (Wildman–Crippen LogP) is 3.22. The second kappa shape index (κ2) is 6.18. The number of carbonyl (C=O) groups is 1. The van der Waals surface area contributed by atoms with Gasteiger partial charge in [-0.15, -0.1) is 0 Å². The first-order chi connectivity index (χ1) is 11.4. The van der Waals surface area contributed by atoms with E-state index in [0.717, 1.165) is 12.8 Å². The van der Waals surface area contributed by atoms with Gasteiger partial charge in [0, 0.05) is 11.9 Å². The van der Waals surface area contributed by atoms with Gasteiger partial charge in [0.25, 0.3) is 5.91 Å². The van der Waals surface area contributed by atoms with Crippen LogP contribution in [0.2, 0.25) is 0 Å². The van der Waals surface area contributed by atoms with Crippen molar-refractivity contribution in [2.45, 2.75) is 25.8 Å². The van der Waals surface area contributed by atoms with Crippen LogP contribution in [0.15, 0.2) is 18.3 Å². The smallest absolute Gasteiger partial charge is 0.255 e. The molecule has 1 saturated carbocycles. The summed E-state index contributed by atoms with van der Waals surface area (Å²) < 4.78 is 53.3. The molecule has 0 radical (unpaired) electrons. The summed E-state index contributed by atoms with van der Waals surface area (Å²) in [6.07, 6.45) is 3.16. The van der Waals surface area contributed by atoms with Gasteiger partial charge >= 0.3 is 0 Å². The first-order valence-corrected chi connectivity index (χ1v) is 7.32. The van der Waals surface area contributed by atoms with Crippen molar-refractivity contribution >= 4 is 5.91 Å². The Morgan fingerprint density at radius 3 is 2.54 bits per heavy atom. The number of rotatable bonds is 4. The topological polar surface area (TPSA) is 54.9 Å². The number of hydrogen-bond acceptors (Lipinski definition) is 3. The van der Waals surface area contributed by atoms with Gasteiger partial charge in [-0.05, 0) is 37.8 Å². The van der Waals surface area contributed by atoms with E-state index in [2.05, 4.69) is 15.3 Å². The van der Waals surface area contributed by atoms with Gasteiger partial charge in [-0.3, -0.25) is 4.79 Å². The minimum atomic E-state index is -2.02. The Labute approximate surface area is 134 Å². The zero-order chi connectivity index (χ0) is 17.4. The Balaban J connectivity index is 1.90. The summed E-state index contributed by atoms with van der Waals surface area (Å²) in [5.41, 5.74) is -0.213. The van der Waals surface area contributed by atoms with Gasteiger partial charge in [-0.1, -0.05) is 0 Å². The van der Waals surface area contributed by atoms with Crippen molar-refractivity contribution in [1.82, 2.24) is 15.3 Å². The molecule has 3 rings (SSSR count). The van der Waals surface area contributed by atoms with E-state index in [1.54, 1.807) is 13.0 Å². The summed E-state index contributed by atoms with van der Waals surface area (Å²) in [6.45, 7) is 1.75. The molecule has 1 aliphatic carbocycles. The molecule has 0 spiro atoms.